The molecule has 1 aliphatic carbocycles. The molecule has 214 valence electrons. The fraction of sp³-hybridized carbons (Fsp3) is 0.500. The second kappa shape index (κ2) is 14.3. The van der Waals surface area contributed by atoms with Crippen LogP contribution < -0.4 is 9.62 Å². The summed E-state index contributed by atoms with van der Waals surface area (Å²) in [5.74, 6) is -1.25. The Morgan fingerprint density at radius 1 is 1.05 bits per heavy atom. The number of rotatable bonds is 12. The molecule has 0 aromatic heterocycles. The maximum absolute atomic E-state index is 14.4. The molecule has 0 unspecified atom stereocenters. The van der Waals surface area contributed by atoms with Gasteiger partial charge in [0.25, 0.3) is 0 Å². The van der Waals surface area contributed by atoms with E-state index in [2.05, 4.69) is 5.32 Å². The van der Waals surface area contributed by atoms with E-state index in [1.807, 2.05) is 6.92 Å². The van der Waals surface area contributed by atoms with Gasteiger partial charge in [-0.1, -0.05) is 67.6 Å². The highest BCUT2D eigenvalue weighted by Gasteiger charge is 2.31. The van der Waals surface area contributed by atoms with Crippen molar-refractivity contribution < 1.29 is 22.4 Å². The van der Waals surface area contributed by atoms with Crippen LogP contribution in [0, 0.1) is 5.82 Å². The Morgan fingerprint density at radius 2 is 1.69 bits per heavy atom. The molecule has 1 atom stereocenters. The molecule has 1 aliphatic rings. The van der Waals surface area contributed by atoms with E-state index in [1.165, 1.54) is 23.1 Å². The van der Waals surface area contributed by atoms with E-state index in [9.17, 15) is 22.4 Å². The van der Waals surface area contributed by atoms with Crippen LogP contribution in [0.15, 0.2) is 42.5 Å². The van der Waals surface area contributed by atoms with Gasteiger partial charge in [-0.2, -0.15) is 0 Å². The number of amides is 2. The molecule has 1 fully saturated rings. The third-order valence-corrected chi connectivity index (χ3v) is 8.89. The van der Waals surface area contributed by atoms with Crippen molar-refractivity contribution in [2.45, 2.75) is 76.9 Å². The molecule has 2 amide bonds. The zero-order valence-electron chi connectivity index (χ0n) is 22.3. The largest absolute Gasteiger partial charge is 0.352 e. The number of anilines is 1. The SMILES string of the molecule is CC[C@@H](C(=O)NC1CCCCC1)N(Cc1c(Cl)cccc1Cl)C(=O)CCCN(c1ccccc1F)S(C)(=O)=O. The monoisotopic (exact) mass is 599 g/mol. The number of halogens is 3. The zero-order chi connectivity index (χ0) is 28.6. The molecule has 3 rings (SSSR count). The predicted molar refractivity (Wildman–Crippen MR) is 154 cm³/mol. The maximum atomic E-state index is 14.4. The van der Waals surface area contributed by atoms with Crippen LogP contribution in [0.2, 0.25) is 10.0 Å². The predicted octanol–water partition coefficient (Wildman–Crippen LogP) is 5.94. The lowest BCUT2D eigenvalue weighted by Gasteiger charge is -2.33. The third kappa shape index (κ3) is 8.56. The summed E-state index contributed by atoms with van der Waals surface area (Å²) in [5, 5.41) is 3.87. The van der Waals surface area contributed by atoms with Crippen LogP contribution in [-0.2, 0) is 26.2 Å². The number of carbonyl (C=O) groups is 2. The van der Waals surface area contributed by atoms with Crippen LogP contribution in [0.5, 0.6) is 0 Å². The van der Waals surface area contributed by atoms with Gasteiger partial charge in [-0.3, -0.25) is 13.9 Å². The topological polar surface area (TPSA) is 86.8 Å². The number of nitrogens with zero attached hydrogens (tertiary/aromatic N) is 2. The van der Waals surface area contributed by atoms with Crippen molar-refractivity contribution in [3.8, 4) is 0 Å². The van der Waals surface area contributed by atoms with Crippen LogP contribution in [0.4, 0.5) is 10.1 Å². The average Bonchev–Trinajstić information content (AvgIpc) is 2.88. The van der Waals surface area contributed by atoms with Crippen molar-refractivity contribution >= 4 is 50.7 Å². The van der Waals surface area contributed by atoms with Crippen LogP contribution in [0.1, 0.15) is 63.9 Å². The summed E-state index contributed by atoms with van der Waals surface area (Å²) in [6, 6.07) is 9.96. The van der Waals surface area contributed by atoms with Gasteiger partial charge in [0, 0.05) is 41.2 Å². The molecule has 0 spiro atoms. The highest BCUT2D eigenvalue weighted by atomic mass is 35.5. The van der Waals surface area contributed by atoms with Crippen LogP contribution in [0.3, 0.4) is 0 Å². The minimum atomic E-state index is -3.80. The van der Waals surface area contributed by atoms with Gasteiger partial charge in [-0.25, -0.2) is 12.8 Å². The average molecular weight is 601 g/mol. The molecular formula is C28H36Cl2FN3O4S. The standard InChI is InChI=1S/C28H36Cl2FN3O4S/c1-3-25(28(36)32-20-11-5-4-6-12-20)33(19-21-22(29)13-9-14-23(21)30)27(35)17-10-18-34(39(2,37)38)26-16-8-7-15-24(26)31/h7-9,13-16,20,25H,3-6,10-12,17-19H2,1-2H3,(H,32,36)/t25-/m0/s1. The van der Waals surface area contributed by atoms with Crippen molar-refractivity contribution in [2.24, 2.45) is 0 Å². The van der Waals surface area contributed by atoms with E-state index in [-0.39, 0.29) is 49.5 Å². The van der Waals surface area contributed by atoms with Crippen LogP contribution in [-0.4, -0.2) is 50.0 Å². The van der Waals surface area contributed by atoms with Gasteiger partial charge in [-0.05, 0) is 49.9 Å². The third-order valence-electron chi connectivity index (χ3n) is 7.00. The Balaban J connectivity index is 1.81. The quantitative estimate of drug-likeness (QED) is 0.327. The van der Waals surface area contributed by atoms with Crippen LogP contribution in [0.25, 0.3) is 0 Å². The Bertz CT molecular complexity index is 1230. The summed E-state index contributed by atoms with van der Waals surface area (Å²) in [4.78, 5) is 28.5. The van der Waals surface area contributed by atoms with Crippen LogP contribution >= 0.6 is 23.2 Å². The highest BCUT2D eigenvalue weighted by molar-refractivity contribution is 7.92. The molecule has 1 N–H and O–H groups in total. The van der Waals surface area contributed by atoms with Crippen molar-refractivity contribution in [3.05, 3.63) is 63.9 Å². The van der Waals surface area contributed by atoms with Gasteiger partial charge >= 0.3 is 0 Å². The lowest BCUT2D eigenvalue weighted by atomic mass is 9.95. The molecule has 0 bridgehead atoms. The fourth-order valence-electron chi connectivity index (χ4n) is 4.95. The maximum Gasteiger partial charge on any atom is 0.243 e. The van der Waals surface area contributed by atoms with Crippen molar-refractivity contribution in [1.29, 1.82) is 0 Å². The van der Waals surface area contributed by atoms with Gasteiger partial charge in [-0.15, -0.1) is 0 Å². The zero-order valence-corrected chi connectivity index (χ0v) is 24.7. The lowest BCUT2D eigenvalue weighted by molar-refractivity contribution is -0.141. The number of hydrogen-bond acceptors (Lipinski definition) is 4. The van der Waals surface area contributed by atoms with Gasteiger partial charge in [0.1, 0.15) is 11.9 Å². The Labute approximate surface area is 240 Å². The second-order valence-corrected chi connectivity index (χ2v) is 12.6. The molecular weight excluding hydrogens is 564 g/mol. The number of nitrogens with one attached hydrogen (secondary N) is 1. The molecule has 7 nitrogen and oxygen atoms in total. The first kappa shape index (κ1) is 31.2. The second-order valence-electron chi connectivity index (χ2n) is 9.88. The Morgan fingerprint density at radius 3 is 2.28 bits per heavy atom. The van der Waals surface area contributed by atoms with E-state index < -0.39 is 21.9 Å². The molecule has 0 heterocycles. The van der Waals surface area contributed by atoms with E-state index in [4.69, 9.17) is 23.2 Å². The molecule has 0 aliphatic heterocycles. The first-order valence-electron chi connectivity index (χ1n) is 13.3. The molecule has 2 aromatic carbocycles. The molecule has 2 aromatic rings. The minimum Gasteiger partial charge on any atom is -0.352 e. The van der Waals surface area contributed by atoms with Crippen molar-refractivity contribution in [3.63, 3.8) is 0 Å². The van der Waals surface area contributed by atoms with Gasteiger partial charge in [0.2, 0.25) is 21.8 Å². The number of para-hydroxylation sites is 1. The summed E-state index contributed by atoms with van der Waals surface area (Å²) in [7, 11) is -3.80. The Hall–Kier alpha value is -2.36. The molecule has 0 radical (unpaired) electrons. The summed E-state index contributed by atoms with van der Waals surface area (Å²) in [6.07, 6.45) is 6.50. The normalized spacial score (nSPS) is 15.0. The summed E-state index contributed by atoms with van der Waals surface area (Å²) < 4.78 is 40.2. The summed E-state index contributed by atoms with van der Waals surface area (Å²) in [6.45, 7) is 1.76. The number of sulfonamides is 1. The first-order chi connectivity index (χ1) is 18.5. The van der Waals surface area contributed by atoms with Crippen molar-refractivity contribution in [1.82, 2.24) is 10.2 Å². The van der Waals surface area contributed by atoms with Gasteiger partial charge < -0.3 is 10.2 Å². The lowest BCUT2D eigenvalue weighted by Crippen LogP contribution is -2.51. The van der Waals surface area contributed by atoms with E-state index in [0.29, 0.717) is 22.0 Å². The van der Waals surface area contributed by atoms with E-state index in [1.54, 1.807) is 24.3 Å². The van der Waals surface area contributed by atoms with Crippen molar-refractivity contribution in [2.75, 3.05) is 17.1 Å². The number of hydrogen-bond donors (Lipinski definition) is 1. The number of carbonyl (C=O) groups excluding carboxylic acids is 2. The molecule has 11 heteroatoms. The smallest absolute Gasteiger partial charge is 0.243 e. The molecule has 1 saturated carbocycles. The van der Waals surface area contributed by atoms with E-state index in [0.717, 1.165) is 42.7 Å². The molecule has 0 saturated heterocycles. The minimum absolute atomic E-state index is 0.0248. The van der Waals surface area contributed by atoms with E-state index >= 15 is 0 Å². The van der Waals surface area contributed by atoms with Gasteiger partial charge in [0.05, 0.1) is 11.9 Å². The Kier molecular flexibility index (Phi) is 11.4. The summed E-state index contributed by atoms with van der Waals surface area (Å²) in [5.41, 5.74) is 0.452. The van der Waals surface area contributed by atoms with Gasteiger partial charge in [0.15, 0.2) is 0 Å². The summed E-state index contributed by atoms with van der Waals surface area (Å²) >= 11 is 12.8. The molecule has 39 heavy (non-hydrogen) atoms. The fourth-order valence-corrected chi connectivity index (χ4v) is 6.44. The number of benzene rings is 2. The highest BCUT2D eigenvalue weighted by Crippen LogP contribution is 2.28. The first-order valence-corrected chi connectivity index (χ1v) is 15.9.